The average molecular weight is 595 g/mol. The third-order valence-corrected chi connectivity index (χ3v) is 8.33. The van der Waals surface area contributed by atoms with E-state index in [0.717, 1.165) is 31.4 Å². The van der Waals surface area contributed by atoms with Gasteiger partial charge in [-0.25, -0.2) is 13.2 Å². The molecular formula is C27H31IO5S. The number of ether oxygens (including phenoxy) is 1. The van der Waals surface area contributed by atoms with Crippen molar-refractivity contribution in [2.45, 2.75) is 50.3 Å². The summed E-state index contributed by atoms with van der Waals surface area (Å²) in [5.74, 6) is -0.501. The molecule has 0 N–H and O–H groups in total. The minimum absolute atomic E-state index is 0.0287. The zero-order valence-corrected chi connectivity index (χ0v) is 22.3. The molecule has 34 heavy (non-hydrogen) atoms. The first-order valence-electron chi connectivity index (χ1n) is 11.4. The summed E-state index contributed by atoms with van der Waals surface area (Å²) in [4.78, 5) is 11.3. The van der Waals surface area contributed by atoms with Gasteiger partial charge in [-0.2, -0.15) is 0 Å². The first-order chi connectivity index (χ1) is 16.4. The van der Waals surface area contributed by atoms with Gasteiger partial charge in [0.15, 0.2) is 7.14 Å². The van der Waals surface area contributed by atoms with E-state index in [1.54, 1.807) is 0 Å². The molecule has 0 unspecified atom stereocenters. The SMILES string of the molecule is CCCCCCCCOC(=O)c1ccc(S(=O)(=O)[O-])cc1.c1ccc([I+]c2ccccc2)cc1. The monoisotopic (exact) mass is 594 g/mol. The van der Waals surface area contributed by atoms with E-state index in [-0.39, 0.29) is 31.7 Å². The van der Waals surface area contributed by atoms with Gasteiger partial charge in [0.2, 0.25) is 0 Å². The van der Waals surface area contributed by atoms with Crippen LogP contribution in [0.25, 0.3) is 0 Å². The Morgan fingerprint density at radius 1 is 0.765 bits per heavy atom. The molecule has 3 aromatic rings. The predicted molar refractivity (Wildman–Crippen MR) is 128 cm³/mol. The summed E-state index contributed by atoms with van der Waals surface area (Å²) in [5.41, 5.74) is 0.244. The van der Waals surface area contributed by atoms with Crippen LogP contribution in [0.2, 0.25) is 0 Å². The first kappa shape index (κ1) is 28.0. The van der Waals surface area contributed by atoms with Gasteiger partial charge < -0.3 is 9.29 Å². The number of rotatable bonds is 11. The van der Waals surface area contributed by atoms with Crippen molar-refractivity contribution in [3.63, 3.8) is 0 Å². The van der Waals surface area contributed by atoms with Crippen LogP contribution in [-0.2, 0) is 14.9 Å². The minimum Gasteiger partial charge on any atom is -0.744 e. The lowest BCUT2D eigenvalue weighted by Gasteiger charge is -2.08. The summed E-state index contributed by atoms with van der Waals surface area (Å²) >= 11 is 0.0287. The Bertz CT molecular complexity index is 1030. The number of unbranched alkanes of at least 4 members (excludes halogenated alkanes) is 5. The van der Waals surface area contributed by atoms with Crippen molar-refractivity contribution in [2.75, 3.05) is 6.61 Å². The standard InChI is InChI=1S/C15H22O5S.C12H10I/c1-2-3-4-5-6-7-12-20-15(16)13-8-10-14(11-9-13)21(17,18)19;1-3-7-11(8-4-1)13-12-9-5-2-6-10-12/h8-11H,2-7,12H2,1H3,(H,17,18,19);1-10H/q;+1/p-1. The molecule has 0 radical (unpaired) electrons. The van der Waals surface area contributed by atoms with E-state index in [1.165, 1.54) is 38.5 Å². The van der Waals surface area contributed by atoms with Gasteiger partial charge in [0.25, 0.3) is 0 Å². The Kier molecular flexibility index (Phi) is 12.9. The normalized spacial score (nSPS) is 10.8. The Morgan fingerprint density at radius 2 is 1.26 bits per heavy atom. The van der Waals surface area contributed by atoms with Gasteiger partial charge in [-0.3, -0.25) is 0 Å². The number of halogens is 1. The maximum atomic E-state index is 11.7. The highest BCUT2D eigenvalue weighted by molar-refractivity contribution is 7.85. The topological polar surface area (TPSA) is 83.5 Å². The Morgan fingerprint density at radius 3 is 1.76 bits per heavy atom. The first-order valence-corrected chi connectivity index (χ1v) is 14.9. The quantitative estimate of drug-likeness (QED) is 0.148. The second kappa shape index (κ2) is 15.6. The molecule has 5 nitrogen and oxygen atoms in total. The van der Waals surface area contributed by atoms with Crippen LogP contribution in [0.1, 0.15) is 55.8 Å². The lowest BCUT2D eigenvalue weighted by Crippen LogP contribution is -3.61. The Hall–Kier alpha value is -2.23. The van der Waals surface area contributed by atoms with Crippen molar-refractivity contribution >= 4 is 16.1 Å². The molecule has 0 aromatic heterocycles. The molecule has 182 valence electrons. The molecular weight excluding hydrogens is 563 g/mol. The smallest absolute Gasteiger partial charge is 0.357 e. The number of hydrogen-bond donors (Lipinski definition) is 0. The fourth-order valence-corrected chi connectivity index (χ4v) is 5.71. The molecule has 0 atom stereocenters. The minimum atomic E-state index is -4.48. The van der Waals surface area contributed by atoms with Gasteiger partial charge in [-0.15, -0.1) is 0 Å². The summed E-state index contributed by atoms with van der Waals surface area (Å²) in [6.45, 7) is 2.51. The molecule has 0 spiro atoms. The Labute approximate surface area is 213 Å². The third kappa shape index (κ3) is 11.3. The summed E-state index contributed by atoms with van der Waals surface area (Å²) < 4.78 is 40.3. The van der Waals surface area contributed by atoms with Crippen LogP contribution in [0.4, 0.5) is 0 Å². The lowest BCUT2D eigenvalue weighted by molar-refractivity contribution is -0.597. The van der Waals surface area contributed by atoms with Crippen LogP contribution < -0.4 is 21.2 Å². The second-order valence-electron chi connectivity index (χ2n) is 7.57. The molecule has 7 heteroatoms. The highest BCUT2D eigenvalue weighted by atomic mass is 127. The highest BCUT2D eigenvalue weighted by Gasteiger charge is 2.13. The zero-order valence-electron chi connectivity index (χ0n) is 19.4. The van der Waals surface area contributed by atoms with Crippen molar-refractivity contribution < 1.29 is 43.7 Å². The molecule has 0 saturated heterocycles. The molecule has 3 rings (SSSR count). The second-order valence-corrected chi connectivity index (χ2v) is 12.0. The highest BCUT2D eigenvalue weighted by Crippen LogP contribution is 2.11. The molecule has 0 heterocycles. The van der Waals surface area contributed by atoms with Gasteiger partial charge in [0, 0.05) is 0 Å². The van der Waals surface area contributed by atoms with Crippen LogP contribution in [0.3, 0.4) is 0 Å². The lowest BCUT2D eigenvalue weighted by atomic mass is 10.1. The number of carbonyl (C=O) groups is 1. The maximum absolute atomic E-state index is 11.7. The molecule has 0 aliphatic carbocycles. The van der Waals surface area contributed by atoms with Crippen molar-refractivity contribution in [1.29, 1.82) is 0 Å². The van der Waals surface area contributed by atoms with Gasteiger partial charge in [0.1, 0.15) is 10.1 Å². The molecule has 0 aliphatic rings. The van der Waals surface area contributed by atoms with Gasteiger partial charge in [-0.1, -0.05) is 75.4 Å². The fourth-order valence-electron chi connectivity index (χ4n) is 2.97. The zero-order chi connectivity index (χ0) is 24.7. The van der Waals surface area contributed by atoms with Crippen molar-refractivity contribution in [3.05, 3.63) is 97.6 Å². The number of hydrogen-bond acceptors (Lipinski definition) is 5. The van der Waals surface area contributed by atoms with Crippen LogP contribution in [0.15, 0.2) is 89.8 Å². The van der Waals surface area contributed by atoms with Crippen molar-refractivity contribution in [1.82, 2.24) is 0 Å². The number of esters is 1. The molecule has 0 saturated carbocycles. The summed E-state index contributed by atoms with van der Waals surface area (Å²) in [6.07, 6.45) is 6.62. The van der Waals surface area contributed by atoms with E-state index in [4.69, 9.17) is 4.74 Å². The van der Waals surface area contributed by atoms with E-state index in [9.17, 15) is 17.8 Å². The van der Waals surface area contributed by atoms with Gasteiger partial charge >= 0.3 is 27.2 Å². The van der Waals surface area contributed by atoms with Crippen molar-refractivity contribution in [2.24, 2.45) is 0 Å². The van der Waals surface area contributed by atoms with Crippen LogP contribution in [0, 0.1) is 7.14 Å². The van der Waals surface area contributed by atoms with E-state index < -0.39 is 16.1 Å². The van der Waals surface area contributed by atoms with E-state index in [1.807, 2.05) is 0 Å². The van der Waals surface area contributed by atoms with Gasteiger partial charge in [0.05, 0.1) is 17.1 Å². The van der Waals surface area contributed by atoms with Crippen LogP contribution >= 0.6 is 0 Å². The average Bonchev–Trinajstić information content (AvgIpc) is 2.84. The maximum Gasteiger partial charge on any atom is 0.357 e. The molecule has 3 aromatic carbocycles. The van der Waals surface area contributed by atoms with Crippen molar-refractivity contribution in [3.8, 4) is 0 Å². The molecule has 0 fully saturated rings. The molecule has 0 bridgehead atoms. The molecule has 0 aliphatic heterocycles. The number of benzene rings is 3. The molecule has 0 amide bonds. The number of carbonyl (C=O) groups excluding carboxylic acids is 1. The van der Waals surface area contributed by atoms with Gasteiger partial charge in [-0.05, 0) is 55.0 Å². The van der Waals surface area contributed by atoms with Crippen LogP contribution in [0.5, 0.6) is 0 Å². The Balaban J connectivity index is 0.000000266. The van der Waals surface area contributed by atoms with E-state index in [0.29, 0.717) is 6.61 Å². The summed E-state index contributed by atoms with van der Waals surface area (Å²) in [5, 5.41) is 0. The summed E-state index contributed by atoms with van der Waals surface area (Å²) in [6, 6.07) is 26.2. The predicted octanol–water partition coefficient (Wildman–Crippen LogP) is 2.92. The van der Waals surface area contributed by atoms with Crippen LogP contribution in [-0.4, -0.2) is 25.5 Å². The third-order valence-electron chi connectivity index (χ3n) is 4.79. The summed E-state index contributed by atoms with van der Waals surface area (Å²) in [7, 11) is -4.48. The largest absolute Gasteiger partial charge is 0.744 e. The fraction of sp³-hybridized carbons (Fsp3) is 0.296. The van der Waals surface area contributed by atoms with E-state index in [2.05, 4.69) is 67.6 Å². The van der Waals surface area contributed by atoms with E-state index >= 15 is 0 Å².